The molecule has 0 spiro atoms. The van der Waals surface area contributed by atoms with E-state index in [1.807, 2.05) is 29.6 Å². The molecule has 28 heavy (non-hydrogen) atoms. The average Bonchev–Trinajstić information content (AvgIpc) is 3.15. The minimum atomic E-state index is -3.56. The molecule has 2 aromatic carbocycles. The van der Waals surface area contributed by atoms with Crippen molar-refractivity contribution in [2.45, 2.75) is 11.3 Å². The predicted molar refractivity (Wildman–Crippen MR) is 111 cm³/mol. The molecule has 0 fully saturated rings. The van der Waals surface area contributed by atoms with Gasteiger partial charge in [0.05, 0.1) is 23.5 Å². The van der Waals surface area contributed by atoms with Crippen molar-refractivity contribution >= 4 is 43.8 Å². The maximum absolute atomic E-state index is 12.3. The molecule has 0 aliphatic heterocycles. The first-order chi connectivity index (χ1) is 13.4. The lowest BCUT2D eigenvalue weighted by atomic mass is 10.2. The summed E-state index contributed by atoms with van der Waals surface area (Å²) in [6.45, 7) is 0. The number of sulfone groups is 1. The summed E-state index contributed by atoms with van der Waals surface area (Å²) in [6.07, 6.45) is -0.164. The minimum absolute atomic E-state index is 0.140. The summed E-state index contributed by atoms with van der Waals surface area (Å²) >= 11 is 7.05. The molecular formula is C19H17ClN2O4S2. The van der Waals surface area contributed by atoms with Gasteiger partial charge in [-0.25, -0.2) is 13.4 Å². The van der Waals surface area contributed by atoms with Gasteiger partial charge < -0.3 is 10.1 Å². The van der Waals surface area contributed by atoms with Gasteiger partial charge in [-0.1, -0.05) is 11.6 Å². The summed E-state index contributed by atoms with van der Waals surface area (Å²) in [5, 5.41) is 5.34. The zero-order valence-corrected chi connectivity index (χ0v) is 17.3. The van der Waals surface area contributed by atoms with Crippen molar-refractivity contribution in [1.82, 2.24) is 4.98 Å². The number of carbonyl (C=O) groups is 1. The topological polar surface area (TPSA) is 85.4 Å². The van der Waals surface area contributed by atoms with Crippen LogP contribution in [0.2, 0.25) is 5.02 Å². The number of anilines is 1. The average molecular weight is 437 g/mol. The van der Waals surface area contributed by atoms with Crippen LogP contribution >= 0.6 is 22.9 Å². The Morgan fingerprint density at radius 3 is 2.46 bits per heavy atom. The molecule has 0 aliphatic carbocycles. The van der Waals surface area contributed by atoms with E-state index in [-0.39, 0.29) is 17.1 Å². The van der Waals surface area contributed by atoms with Gasteiger partial charge in [0.2, 0.25) is 5.91 Å². The van der Waals surface area contributed by atoms with E-state index in [9.17, 15) is 13.2 Å². The molecule has 6 nitrogen and oxygen atoms in total. The van der Waals surface area contributed by atoms with E-state index in [4.69, 9.17) is 16.3 Å². The van der Waals surface area contributed by atoms with Crippen LogP contribution in [-0.4, -0.2) is 32.2 Å². The Balaban J connectivity index is 1.59. The normalized spacial score (nSPS) is 11.2. The number of hydrogen-bond donors (Lipinski definition) is 1. The van der Waals surface area contributed by atoms with Crippen LogP contribution in [0.4, 0.5) is 5.13 Å². The number of benzene rings is 2. The Kier molecular flexibility index (Phi) is 6.33. The number of thiazole rings is 1. The van der Waals surface area contributed by atoms with Crippen molar-refractivity contribution in [2.75, 3.05) is 18.2 Å². The molecule has 1 heterocycles. The van der Waals surface area contributed by atoms with Crippen molar-refractivity contribution in [1.29, 1.82) is 0 Å². The number of amides is 1. The lowest BCUT2D eigenvalue weighted by molar-refractivity contribution is -0.115. The summed E-state index contributed by atoms with van der Waals surface area (Å²) in [5.41, 5.74) is 1.61. The van der Waals surface area contributed by atoms with Gasteiger partial charge in [0.25, 0.3) is 0 Å². The van der Waals surface area contributed by atoms with Crippen LogP contribution in [0, 0.1) is 0 Å². The molecule has 0 unspecified atom stereocenters. The Bertz CT molecular complexity index is 1060. The molecule has 0 saturated carbocycles. The highest BCUT2D eigenvalue weighted by atomic mass is 35.5. The molecule has 146 valence electrons. The van der Waals surface area contributed by atoms with Crippen molar-refractivity contribution in [3.8, 4) is 17.0 Å². The smallest absolute Gasteiger partial charge is 0.227 e. The van der Waals surface area contributed by atoms with Crippen LogP contribution in [0.3, 0.4) is 0 Å². The number of carbonyl (C=O) groups excluding carboxylic acids is 1. The Morgan fingerprint density at radius 2 is 1.82 bits per heavy atom. The molecule has 0 bridgehead atoms. The fourth-order valence-electron chi connectivity index (χ4n) is 2.39. The van der Waals surface area contributed by atoms with Gasteiger partial charge in [-0.15, -0.1) is 11.3 Å². The number of hydrogen-bond acceptors (Lipinski definition) is 6. The van der Waals surface area contributed by atoms with Gasteiger partial charge in [0, 0.05) is 22.4 Å². The number of rotatable bonds is 7. The number of halogens is 1. The maximum Gasteiger partial charge on any atom is 0.227 e. The summed E-state index contributed by atoms with van der Waals surface area (Å²) < 4.78 is 29.7. The lowest BCUT2D eigenvalue weighted by Crippen LogP contribution is -2.17. The maximum atomic E-state index is 12.3. The number of methoxy groups -OCH3 is 1. The fourth-order valence-corrected chi connectivity index (χ4v) is 4.50. The highest BCUT2D eigenvalue weighted by molar-refractivity contribution is 7.91. The van der Waals surface area contributed by atoms with E-state index < -0.39 is 15.7 Å². The van der Waals surface area contributed by atoms with Crippen LogP contribution in [0.1, 0.15) is 6.42 Å². The van der Waals surface area contributed by atoms with Crippen LogP contribution < -0.4 is 10.1 Å². The molecule has 0 aliphatic rings. The van der Waals surface area contributed by atoms with Crippen molar-refractivity contribution < 1.29 is 17.9 Å². The van der Waals surface area contributed by atoms with Gasteiger partial charge in [-0.3, -0.25) is 4.79 Å². The zero-order valence-electron chi connectivity index (χ0n) is 14.9. The lowest BCUT2D eigenvalue weighted by Gasteiger charge is -2.05. The summed E-state index contributed by atoms with van der Waals surface area (Å²) in [4.78, 5) is 16.6. The summed E-state index contributed by atoms with van der Waals surface area (Å²) in [6, 6.07) is 13.3. The van der Waals surface area contributed by atoms with E-state index in [2.05, 4.69) is 10.3 Å². The van der Waals surface area contributed by atoms with Gasteiger partial charge in [0.15, 0.2) is 15.0 Å². The number of aromatic nitrogens is 1. The van der Waals surface area contributed by atoms with E-state index in [1.165, 1.54) is 35.6 Å². The second-order valence-electron chi connectivity index (χ2n) is 5.84. The van der Waals surface area contributed by atoms with E-state index in [0.717, 1.165) is 17.0 Å². The number of nitrogens with one attached hydrogen (secondary N) is 1. The third-order valence-electron chi connectivity index (χ3n) is 3.91. The van der Waals surface area contributed by atoms with E-state index in [0.29, 0.717) is 10.2 Å². The van der Waals surface area contributed by atoms with Crippen molar-refractivity contribution in [2.24, 2.45) is 0 Å². The Morgan fingerprint density at radius 1 is 1.14 bits per heavy atom. The third-order valence-corrected chi connectivity index (χ3v) is 6.65. The monoisotopic (exact) mass is 436 g/mol. The van der Waals surface area contributed by atoms with Crippen molar-refractivity contribution in [3.05, 3.63) is 58.9 Å². The molecule has 3 rings (SSSR count). The zero-order chi connectivity index (χ0) is 20.1. The van der Waals surface area contributed by atoms with Crippen LogP contribution in [0.25, 0.3) is 11.3 Å². The first-order valence-electron chi connectivity index (χ1n) is 8.25. The molecule has 1 N–H and O–H groups in total. The Labute approximate surface area is 172 Å². The third kappa shape index (κ3) is 5.09. The number of nitrogens with zero attached hydrogens (tertiary/aromatic N) is 1. The molecule has 3 aromatic rings. The molecule has 0 radical (unpaired) electrons. The Hall–Kier alpha value is -2.42. The van der Waals surface area contributed by atoms with Gasteiger partial charge in [-0.2, -0.15) is 0 Å². The minimum Gasteiger partial charge on any atom is -0.497 e. The van der Waals surface area contributed by atoms with E-state index in [1.54, 1.807) is 7.11 Å². The first-order valence-corrected chi connectivity index (χ1v) is 11.2. The fraction of sp³-hybridized carbons (Fsp3) is 0.158. The quantitative estimate of drug-likeness (QED) is 0.597. The molecule has 0 atom stereocenters. The standard InChI is InChI=1S/C19H17ClN2O4S2/c1-26-15-6-2-13(3-7-15)17-12-27-19(21-17)22-18(23)10-11-28(24,25)16-8-4-14(20)5-9-16/h2-9,12H,10-11H2,1H3,(H,21,22,23). The van der Waals surface area contributed by atoms with Crippen LogP contribution in [-0.2, 0) is 14.6 Å². The molecule has 9 heteroatoms. The highest BCUT2D eigenvalue weighted by Gasteiger charge is 2.17. The highest BCUT2D eigenvalue weighted by Crippen LogP contribution is 2.26. The number of ether oxygens (including phenoxy) is 1. The second-order valence-corrected chi connectivity index (χ2v) is 9.24. The van der Waals surface area contributed by atoms with E-state index >= 15 is 0 Å². The largest absolute Gasteiger partial charge is 0.497 e. The van der Waals surface area contributed by atoms with Gasteiger partial charge in [0.1, 0.15) is 5.75 Å². The van der Waals surface area contributed by atoms with Gasteiger partial charge in [-0.05, 0) is 48.5 Å². The molecule has 1 aromatic heterocycles. The van der Waals surface area contributed by atoms with Gasteiger partial charge >= 0.3 is 0 Å². The molecule has 0 saturated heterocycles. The first kappa shape index (κ1) is 20.3. The second kappa shape index (κ2) is 8.72. The summed E-state index contributed by atoms with van der Waals surface area (Å²) in [7, 11) is -1.96. The van der Waals surface area contributed by atoms with Crippen molar-refractivity contribution in [3.63, 3.8) is 0 Å². The predicted octanol–water partition coefficient (Wildman–Crippen LogP) is 4.27. The molecule has 1 amide bonds. The van der Waals surface area contributed by atoms with Crippen LogP contribution in [0.15, 0.2) is 58.8 Å². The molecular weight excluding hydrogens is 420 g/mol. The van der Waals surface area contributed by atoms with Crippen LogP contribution in [0.5, 0.6) is 5.75 Å². The summed E-state index contributed by atoms with van der Waals surface area (Å²) in [5.74, 6) is 0.0412. The SMILES string of the molecule is COc1ccc(-c2csc(NC(=O)CCS(=O)(=O)c3ccc(Cl)cc3)n2)cc1.